The van der Waals surface area contributed by atoms with Gasteiger partial charge in [0, 0.05) is 50.1 Å². The normalized spacial score (nSPS) is 16.5. The van der Waals surface area contributed by atoms with Crippen molar-refractivity contribution in [2.45, 2.75) is 59.0 Å². The second-order valence-corrected chi connectivity index (χ2v) is 14.7. The van der Waals surface area contributed by atoms with Crippen LogP contribution in [0.25, 0.3) is 10.8 Å². The molecular formula is C43H56N8O5. The molecule has 4 N–H and O–H groups in total. The van der Waals surface area contributed by atoms with E-state index in [4.69, 9.17) is 34.7 Å². The zero-order chi connectivity index (χ0) is 39.4. The smallest absolute Gasteiger partial charge is 0.191 e. The number of aromatic nitrogens is 2. The molecule has 4 heterocycles. The van der Waals surface area contributed by atoms with Crippen LogP contribution in [0.3, 0.4) is 0 Å². The lowest BCUT2D eigenvalue weighted by Crippen LogP contribution is -2.44. The van der Waals surface area contributed by atoms with Crippen molar-refractivity contribution in [3.8, 4) is 5.75 Å². The molecule has 7 rings (SSSR count). The number of hydrogen-bond acceptors (Lipinski definition) is 9. The van der Waals surface area contributed by atoms with Crippen molar-refractivity contribution in [1.29, 1.82) is 0 Å². The van der Waals surface area contributed by atoms with E-state index in [1.54, 1.807) is 7.11 Å². The fraction of sp³-hybridized carbons (Fsp3) is 0.442. The zero-order valence-electron chi connectivity index (χ0n) is 33.3. The first-order valence-corrected chi connectivity index (χ1v) is 19.5. The molecule has 2 aromatic heterocycles. The molecule has 0 bridgehead atoms. The summed E-state index contributed by atoms with van der Waals surface area (Å²) in [4.78, 5) is 12.9. The molecule has 2 fully saturated rings. The number of ether oxygens (including phenoxy) is 3. The molecule has 0 amide bonds. The lowest BCUT2D eigenvalue weighted by molar-refractivity contribution is 0.0673. The van der Waals surface area contributed by atoms with Crippen LogP contribution in [-0.4, -0.2) is 91.7 Å². The third kappa shape index (κ3) is 10.9. The third-order valence-corrected chi connectivity index (χ3v) is 10.2. The summed E-state index contributed by atoms with van der Waals surface area (Å²) < 4.78 is 27.0. The van der Waals surface area contributed by atoms with Crippen LogP contribution in [-0.2, 0) is 29.0 Å². The molecule has 298 valence electrons. The van der Waals surface area contributed by atoms with Crippen LogP contribution in [0.5, 0.6) is 5.75 Å². The van der Waals surface area contributed by atoms with Crippen LogP contribution in [0.4, 0.5) is 0 Å². The third-order valence-electron chi connectivity index (χ3n) is 10.2. The van der Waals surface area contributed by atoms with E-state index >= 15 is 0 Å². The number of nitrogens with two attached hydrogens (primary N) is 2. The Morgan fingerprint density at radius 3 is 1.95 bits per heavy atom. The molecule has 2 aliphatic rings. The Morgan fingerprint density at radius 2 is 1.30 bits per heavy atom. The molecule has 2 aliphatic heterocycles. The van der Waals surface area contributed by atoms with Crippen LogP contribution in [0.2, 0.25) is 0 Å². The number of aliphatic imine (C=N–C) groups is 2. The minimum atomic E-state index is 0.111. The van der Waals surface area contributed by atoms with Crippen LogP contribution < -0.4 is 16.2 Å². The largest absolute Gasteiger partial charge is 0.497 e. The van der Waals surface area contributed by atoms with Crippen LogP contribution in [0.1, 0.15) is 79.1 Å². The number of fused-ring (bicyclic) bond motifs is 1. The van der Waals surface area contributed by atoms with Gasteiger partial charge in [0.25, 0.3) is 0 Å². The number of nitrogens with zero attached hydrogens (tertiary/aromatic N) is 6. The molecule has 56 heavy (non-hydrogen) atoms. The topological polar surface area (TPSA) is 163 Å². The van der Waals surface area contributed by atoms with Crippen molar-refractivity contribution in [3.63, 3.8) is 0 Å². The number of rotatable bonds is 11. The second-order valence-electron chi connectivity index (χ2n) is 14.7. The summed E-state index contributed by atoms with van der Waals surface area (Å²) in [5.74, 6) is 4.39. The lowest BCUT2D eigenvalue weighted by atomic mass is 9.95. The highest BCUT2D eigenvalue weighted by molar-refractivity contribution is 5.84. The van der Waals surface area contributed by atoms with Crippen molar-refractivity contribution in [2.75, 3.05) is 59.7 Å². The minimum absolute atomic E-state index is 0.111. The predicted octanol–water partition coefficient (Wildman–Crippen LogP) is 6.31. The highest BCUT2D eigenvalue weighted by atomic mass is 16.5. The van der Waals surface area contributed by atoms with Crippen molar-refractivity contribution in [3.05, 3.63) is 112 Å². The zero-order valence-corrected chi connectivity index (χ0v) is 33.3. The van der Waals surface area contributed by atoms with Gasteiger partial charge in [0.1, 0.15) is 23.7 Å². The average molecular weight is 765 g/mol. The first-order valence-electron chi connectivity index (χ1n) is 19.5. The van der Waals surface area contributed by atoms with E-state index in [0.29, 0.717) is 63.1 Å². The Labute approximate surface area is 329 Å². The van der Waals surface area contributed by atoms with Gasteiger partial charge in [-0.3, -0.25) is 0 Å². The fourth-order valence-electron chi connectivity index (χ4n) is 6.71. The molecule has 2 atom stereocenters. The summed E-state index contributed by atoms with van der Waals surface area (Å²) in [6.07, 6.45) is 1.10. The lowest BCUT2D eigenvalue weighted by Gasteiger charge is -2.27. The van der Waals surface area contributed by atoms with Crippen LogP contribution in [0, 0.1) is 5.92 Å². The Hall–Kier alpha value is -5.40. The molecule has 0 aliphatic carbocycles. The van der Waals surface area contributed by atoms with E-state index in [2.05, 4.69) is 96.5 Å². The van der Waals surface area contributed by atoms with E-state index in [0.717, 1.165) is 60.9 Å². The summed E-state index contributed by atoms with van der Waals surface area (Å²) in [6.45, 7) is 15.4. The maximum Gasteiger partial charge on any atom is 0.191 e. The van der Waals surface area contributed by atoms with Crippen molar-refractivity contribution in [2.24, 2.45) is 27.4 Å². The summed E-state index contributed by atoms with van der Waals surface area (Å²) in [5.41, 5.74) is 17.6. The van der Waals surface area contributed by atoms with E-state index < -0.39 is 0 Å². The van der Waals surface area contributed by atoms with E-state index in [9.17, 15) is 0 Å². The molecule has 13 heteroatoms. The van der Waals surface area contributed by atoms with Gasteiger partial charge in [0.05, 0.1) is 45.8 Å². The Kier molecular flexibility index (Phi) is 14.0. The quantitative estimate of drug-likeness (QED) is 0.115. The van der Waals surface area contributed by atoms with E-state index in [1.165, 1.54) is 22.1 Å². The van der Waals surface area contributed by atoms with E-state index in [-0.39, 0.29) is 11.8 Å². The highest BCUT2D eigenvalue weighted by Gasteiger charge is 2.18. The summed E-state index contributed by atoms with van der Waals surface area (Å²) >= 11 is 0. The molecule has 2 unspecified atom stereocenters. The fourth-order valence-corrected chi connectivity index (χ4v) is 6.71. The van der Waals surface area contributed by atoms with Gasteiger partial charge in [0.15, 0.2) is 17.7 Å². The monoisotopic (exact) mass is 764 g/mol. The SMILES string of the molecule is CC(C)Cc1ccc(C(C)c2cc(C/N=C(\N)N3CCOCC3)no2)cc1.COc1ccc2cc(C(C)c3cc(C/N=C(\N)N4CCOCC4)on3)ccc2c1. The molecule has 3 aromatic carbocycles. The standard InChI is InChI=1S/C22H26N4O3.C21H30N4O2/c1-15(16-3-4-18-12-19(27-2)6-5-17(18)11-16)21-13-20(29-25-21)14-24-22(23)26-7-9-28-10-8-26;1-15(2)12-17-4-6-18(7-5-17)16(3)20-13-19(24-27-20)14-23-21(22)25-8-10-26-11-9-25/h3-6,11-13,15H,7-10,14H2,1-2H3,(H2,23,24);4-7,13,15-16H,8-12,14H2,1-3H3,(H2,22,23). The molecule has 0 saturated carbocycles. The maximum absolute atomic E-state index is 6.08. The number of guanidine groups is 2. The molecule has 5 aromatic rings. The molecule has 2 saturated heterocycles. The first kappa shape index (κ1) is 40.3. The minimum Gasteiger partial charge on any atom is -0.497 e. The number of methoxy groups -OCH3 is 1. The number of morpholine rings is 2. The van der Waals surface area contributed by atoms with Crippen molar-refractivity contribution >= 4 is 22.7 Å². The van der Waals surface area contributed by atoms with Crippen LogP contribution in [0.15, 0.2) is 91.8 Å². The van der Waals surface area contributed by atoms with Gasteiger partial charge in [0.2, 0.25) is 0 Å². The summed E-state index contributed by atoms with van der Waals surface area (Å²) in [5, 5.41) is 10.7. The Bertz CT molecular complexity index is 2040. The Balaban J connectivity index is 0.000000190. The summed E-state index contributed by atoms with van der Waals surface area (Å²) in [7, 11) is 1.68. The van der Waals surface area contributed by atoms with Gasteiger partial charge in [-0.1, -0.05) is 86.5 Å². The van der Waals surface area contributed by atoms with Gasteiger partial charge in [-0.2, -0.15) is 0 Å². The van der Waals surface area contributed by atoms with Crippen LogP contribution >= 0.6 is 0 Å². The maximum atomic E-state index is 6.08. The highest BCUT2D eigenvalue weighted by Crippen LogP contribution is 2.29. The Morgan fingerprint density at radius 1 is 0.696 bits per heavy atom. The van der Waals surface area contributed by atoms with Gasteiger partial charge in [-0.05, 0) is 51.9 Å². The van der Waals surface area contributed by atoms with Crippen molar-refractivity contribution < 1.29 is 23.3 Å². The molecule has 13 nitrogen and oxygen atoms in total. The molecule has 0 spiro atoms. The first-order chi connectivity index (χ1) is 27.2. The predicted molar refractivity (Wildman–Crippen MR) is 219 cm³/mol. The van der Waals surface area contributed by atoms with Gasteiger partial charge < -0.3 is 44.5 Å². The van der Waals surface area contributed by atoms with Gasteiger partial charge >= 0.3 is 0 Å². The average Bonchev–Trinajstić information content (AvgIpc) is 3.92. The molecular weight excluding hydrogens is 709 g/mol. The second kappa shape index (κ2) is 19.5. The van der Waals surface area contributed by atoms with Gasteiger partial charge in [-0.15, -0.1) is 0 Å². The summed E-state index contributed by atoms with van der Waals surface area (Å²) in [6, 6.07) is 25.2. The number of hydrogen-bond donors (Lipinski definition) is 2. The van der Waals surface area contributed by atoms with E-state index in [1.807, 2.05) is 34.1 Å². The number of benzene rings is 3. The molecule has 0 radical (unpaired) electrons. The van der Waals surface area contributed by atoms with Crippen molar-refractivity contribution in [1.82, 2.24) is 20.1 Å². The van der Waals surface area contributed by atoms with Gasteiger partial charge in [-0.25, -0.2) is 9.98 Å².